The molecule has 8 bridgehead atoms. The van der Waals surface area contributed by atoms with Crippen LogP contribution >= 0.6 is 0 Å². The Morgan fingerprint density at radius 2 is 1.76 bits per heavy atom. The van der Waals surface area contributed by atoms with E-state index in [1.807, 2.05) is 41.3 Å². The summed E-state index contributed by atoms with van der Waals surface area (Å²) in [7, 11) is 4.61. The molecule has 0 saturated carbocycles. The Labute approximate surface area is 261 Å². The molecule has 232 valence electrons. The second-order valence-electron chi connectivity index (χ2n) is 10.7. The summed E-state index contributed by atoms with van der Waals surface area (Å²) in [5.74, 6) is 1.95. The average molecular weight is 611 g/mol. The highest BCUT2D eigenvalue weighted by molar-refractivity contribution is 5.99. The smallest absolute Gasteiger partial charge is 0.258 e. The summed E-state index contributed by atoms with van der Waals surface area (Å²) >= 11 is 0. The van der Waals surface area contributed by atoms with E-state index in [1.54, 1.807) is 38.5 Å². The number of fused-ring (bicyclic) bond motifs is 6. The van der Waals surface area contributed by atoms with Gasteiger partial charge in [-0.05, 0) is 84.1 Å². The summed E-state index contributed by atoms with van der Waals surface area (Å²) in [6, 6.07) is 20.8. The largest absolute Gasteiger partial charge is 0.507 e. The van der Waals surface area contributed by atoms with E-state index in [4.69, 9.17) is 23.7 Å². The van der Waals surface area contributed by atoms with Crippen LogP contribution in [-0.4, -0.2) is 62.8 Å². The maximum atomic E-state index is 14.3. The second-order valence-corrected chi connectivity index (χ2v) is 10.7. The van der Waals surface area contributed by atoms with Gasteiger partial charge in [0.2, 0.25) is 0 Å². The van der Waals surface area contributed by atoms with Crippen LogP contribution in [0.1, 0.15) is 49.9 Å². The van der Waals surface area contributed by atoms with Gasteiger partial charge in [-0.3, -0.25) is 9.59 Å². The van der Waals surface area contributed by atoms with Crippen molar-refractivity contribution in [1.82, 2.24) is 10.2 Å². The van der Waals surface area contributed by atoms with Gasteiger partial charge in [0, 0.05) is 13.1 Å². The number of methoxy groups -OCH3 is 3. The zero-order valence-corrected chi connectivity index (χ0v) is 25.3. The molecule has 45 heavy (non-hydrogen) atoms. The van der Waals surface area contributed by atoms with Crippen LogP contribution in [0.15, 0.2) is 72.8 Å². The number of rotatable bonds is 4. The molecule has 4 aromatic carbocycles. The summed E-state index contributed by atoms with van der Waals surface area (Å²) in [4.78, 5) is 29.0. The zero-order valence-electron chi connectivity index (χ0n) is 25.3. The van der Waals surface area contributed by atoms with Crippen molar-refractivity contribution in [2.75, 3.05) is 41.0 Å². The van der Waals surface area contributed by atoms with Crippen LogP contribution < -0.4 is 29.0 Å². The van der Waals surface area contributed by atoms with E-state index in [-0.39, 0.29) is 17.2 Å². The van der Waals surface area contributed by atoms with Crippen LogP contribution in [0.25, 0.3) is 0 Å². The van der Waals surface area contributed by atoms with Crippen molar-refractivity contribution in [1.29, 1.82) is 0 Å². The van der Waals surface area contributed by atoms with Crippen molar-refractivity contribution in [3.05, 3.63) is 101 Å². The molecule has 0 fully saturated rings. The van der Waals surface area contributed by atoms with Gasteiger partial charge >= 0.3 is 0 Å². The fraction of sp³-hybridized carbons (Fsp3) is 0.257. The van der Waals surface area contributed by atoms with Crippen LogP contribution in [0.5, 0.6) is 40.2 Å². The molecule has 2 N–H and O–H groups in total. The topological polar surface area (TPSA) is 116 Å². The molecule has 0 aliphatic carbocycles. The zero-order chi connectivity index (χ0) is 31.5. The van der Waals surface area contributed by atoms with Gasteiger partial charge in [0.05, 0.1) is 45.1 Å². The summed E-state index contributed by atoms with van der Waals surface area (Å²) in [5.41, 5.74) is 3.20. The molecule has 3 aliphatic heterocycles. The van der Waals surface area contributed by atoms with Crippen molar-refractivity contribution in [2.24, 2.45) is 0 Å². The molecule has 4 aromatic rings. The number of carbonyl (C=O) groups is 2. The number of ether oxygens (including phenoxy) is 5. The molecule has 3 aliphatic rings. The number of hydrogen-bond acceptors (Lipinski definition) is 8. The lowest BCUT2D eigenvalue weighted by Crippen LogP contribution is -2.40. The number of carbonyl (C=O) groups excluding carboxylic acids is 2. The third-order valence-corrected chi connectivity index (χ3v) is 8.04. The Bertz CT molecular complexity index is 1750. The number of phenols is 1. The molecule has 1 atom stereocenters. The summed E-state index contributed by atoms with van der Waals surface area (Å²) < 4.78 is 29.2. The minimum Gasteiger partial charge on any atom is -0.507 e. The Morgan fingerprint density at radius 1 is 0.933 bits per heavy atom. The van der Waals surface area contributed by atoms with Crippen molar-refractivity contribution in [2.45, 2.75) is 18.9 Å². The highest BCUT2D eigenvalue weighted by atomic mass is 16.5. The maximum absolute atomic E-state index is 14.3. The number of phenolic OH excluding ortho intramolecular Hbond substituents is 1. The summed E-state index contributed by atoms with van der Waals surface area (Å²) in [6.45, 7) is 1.10. The van der Waals surface area contributed by atoms with Crippen molar-refractivity contribution >= 4 is 11.8 Å². The number of aromatic hydroxyl groups is 1. The molecular formula is C35H34N2O8. The molecule has 0 aromatic heterocycles. The van der Waals surface area contributed by atoms with Gasteiger partial charge in [0.15, 0.2) is 23.0 Å². The van der Waals surface area contributed by atoms with Crippen LogP contribution in [-0.2, 0) is 6.42 Å². The van der Waals surface area contributed by atoms with Gasteiger partial charge in [0.25, 0.3) is 11.8 Å². The first-order valence-electron chi connectivity index (χ1n) is 14.7. The summed E-state index contributed by atoms with van der Waals surface area (Å²) in [5, 5.41) is 13.2. The fourth-order valence-corrected chi connectivity index (χ4v) is 5.88. The Morgan fingerprint density at radius 3 is 2.56 bits per heavy atom. The van der Waals surface area contributed by atoms with Gasteiger partial charge < -0.3 is 39.0 Å². The standard InChI is InChI=1S/C35H34N2O8/c1-41-29-10-5-9-25(33(29)43-3)35(40)37-15-13-21-18-31-30(42-2)20-26(21)32(37)22-7-4-8-23(17-22)44-16-6-14-36-34(39)27-19-24(45-31)11-12-28(27)38/h4-5,7-12,17-20,32,38H,6,13-16H2,1-3H3,(H,36,39). The Kier molecular flexibility index (Phi) is 8.37. The normalized spacial score (nSPS) is 15.9. The van der Waals surface area contributed by atoms with E-state index >= 15 is 0 Å². The number of benzene rings is 4. The lowest BCUT2D eigenvalue weighted by molar-refractivity contribution is 0.0689. The number of amides is 2. The lowest BCUT2D eigenvalue weighted by Gasteiger charge is -2.38. The number of para-hydroxylation sites is 1. The van der Waals surface area contributed by atoms with E-state index in [2.05, 4.69) is 5.32 Å². The molecule has 7 rings (SSSR count). The van der Waals surface area contributed by atoms with E-state index in [0.29, 0.717) is 72.6 Å². The third kappa shape index (κ3) is 5.78. The van der Waals surface area contributed by atoms with Crippen molar-refractivity contribution < 1.29 is 38.4 Å². The molecule has 2 amide bonds. The molecule has 0 spiro atoms. The Hall–Kier alpha value is -5.38. The molecule has 1 unspecified atom stereocenters. The quantitative estimate of drug-likeness (QED) is 0.311. The predicted octanol–water partition coefficient (Wildman–Crippen LogP) is 5.51. The first-order valence-corrected chi connectivity index (χ1v) is 14.7. The first kappa shape index (κ1) is 29.7. The van der Waals surface area contributed by atoms with Crippen LogP contribution in [0.4, 0.5) is 0 Å². The van der Waals surface area contributed by atoms with Crippen LogP contribution in [0.3, 0.4) is 0 Å². The monoisotopic (exact) mass is 610 g/mol. The molecule has 0 radical (unpaired) electrons. The van der Waals surface area contributed by atoms with Gasteiger partial charge in [-0.2, -0.15) is 0 Å². The van der Waals surface area contributed by atoms with Crippen LogP contribution in [0.2, 0.25) is 0 Å². The van der Waals surface area contributed by atoms with Crippen LogP contribution in [0, 0.1) is 0 Å². The number of hydrogen-bond donors (Lipinski definition) is 2. The second kappa shape index (κ2) is 12.7. The average Bonchev–Trinajstić information content (AvgIpc) is 3.07. The maximum Gasteiger partial charge on any atom is 0.258 e. The molecule has 10 heteroatoms. The van der Waals surface area contributed by atoms with E-state index in [9.17, 15) is 14.7 Å². The first-order chi connectivity index (χ1) is 21.9. The minimum absolute atomic E-state index is 0.0985. The Balaban J connectivity index is 1.49. The summed E-state index contributed by atoms with van der Waals surface area (Å²) in [6.07, 6.45) is 1.09. The van der Waals surface area contributed by atoms with E-state index in [0.717, 1.165) is 16.7 Å². The third-order valence-electron chi connectivity index (χ3n) is 8.04. The van der Waals surface area contributed by atoms with Gasteiger partial charge in [-0.25, -0.2) is 0 Å². The van der Waals surface area contributed by atoms with Gasteiger partial charge in [-0.15, -0.1) is 0 Å². The molecule has 10 nitrogen and oxygen atoms in total. The van der Waals surface area contributed by atoms with E-state index < -0.39 is 11.9 Å². The van der Waals surface area contributed by atoms with Crippen molar-refractivity contribution in [3.63, 3.8) is 0 Å². The highest BCUT2D eigenvalue weighted by Crippen LogP contribution is 2.44. The van der Waals surface area contributed by atoms with Crippen molar-refractivity contribution in [3.8, 4) is 40.2 Å². The number of nitrogens with one attached hydrogen (secondary N) is 1. The van der Waals surface area contributed by atoms with Gasteiger partial charge in [-0.1, -0.05) is 18.2 Å². The lowest BCUT2D eigenvalue weighted by atomic mass is 9.87. The molecule has 0 saturated heterocycles. The predicted molar refractivity (Wildman–Crippen MR) is 166 cm³/mol. The van der Waals surface area contributed by atoms with Gasteiger partial charge in [0.1, 0.15) is 17.2 Å². The molecule has 3 heterocycles. The fourth-order valence-electron chi connectivity index (χ4n) is 5.88. The number of nitrogens with zero attached hydrogens (tertiary/aromatic N) is 1. The molecular weight excluding hydrogens is 576 g/mol. The highest BCUT2D eigenvalue weighted by Gasteiger charge is 2.35. The minimum atomic E-state index is -0.484. The van der Waals surface area contributed by atoms with E-state index in [1.165, 1.54) is 19.2 Å². The SMILES string of the molecule is COc1cc2c3cc1Oc1ccc(O)c(c1)C(=O)NCCCOc1cccc(c1)C2N(C(=O)c1cccc(OC)c1OC)CC3.